The molecule has 28 heavy (non-hydrogen) atoms. The molecule has 0 saturated heterocycles. The van der Waals surface area contributed by atoms with Gasteiger partial charge in [-0.05, 0) is 51.0 Å². The third kappa shape index (κ3) is 3.66. The van der Waals surface area contributed by atoms with Crippen molar-refractivity contribution in [2.24, 2.45) is 0 Å². The second-order valence-corrected chi connectivity index (χ2v) is 10.1. The third-order valence-electron chi connectivity index (χ3n) is 5.75. The molecule has 1 unspecified atom stereocenters. The number of hydrogen-bond donors (Lipinski definition) is 1. The van der Waals surface area contributed by atoms with E-state index in [1.54, 1.807) is 17.4 Å². The second-order valence-electron chi connectivity index (χ2n) is 7.69. The van der Waals surface area contributed by atoms with Gasteiger partial charge in [0.25, 0.3) is 5.56 Å². The first-order chi connectivity index (χ1) is 13.6. The maximum atomic E-state index is 13.6. The average molecular weight is 418 g/mol. The lowest BCUT2D eigenvalue weighted by Crippen LogP contribution is -2.32. The predicted octanol–water partition coefficient (Wildman–Crippen LogP) is 4.23. The fourth-order valence-electron chi connectivity index (χ4n) is 4.29. The highest BCUT2D eigenvalue weighted by atomic mass is 32.2. The minimum Gasteiger partial charge on any atom is -0.352 e. The highest BCUT2D eigenvalue weighted by Gasteiger charge is 2.28. The molecule has 2 aromatic rings. The number of amides is 1. The Morgan fingerprint density at radius 2 is 2.11 bits per heavy atom. The lowest BCUT2D eigenvalue weighted by Gasteiger charge is -2.20. The molecule has 2 aromatic heterocycles. The Labute approximate surface area is 173 Å². The molecule has 7 heteroatoms. The number of nitrogens with one attached hydrogen (secondary N) is 1. The van der Waals surface area contributed by atoms with Crippen molar-refractivity contribution in [2.45, 2.75) is 74.7 Å². The third-order valence-corrected chi connectivity index (χ3v) is 8.00. The molecule has 1 atom stereocenters. The molecule has 5 nitrogen and oxygen atoms in total. The van der Waals surface area contributed by atoms with Crippen LogP contribution in [0.2, 0.25) is 0 Å². The van der Waals surface area contributed by atoms with E-state index in [-0.39, 0.29) is 22.8 Å². The molecule has 1 amide bonds. The lowest BCUT2D eigenvalue weighted by atomic mass is 9.97. The van der Waals surface area contributed by atoms with Crippen molar-refractivity contribution in [2.75, 3.05) is 6.54 Å². The van der Waals surface area contributed by atoms with E-state index in [1.165, 1.54) is 28.6 Å². The van der Waals surface area contributed by atoms with Gasteiger partial charge in [-0.15, -0.1) is 17.9 Å². The molecule has 0 aromatic carbocycles. The minimum absolute atomic E-state index is 0.0531. The Kier molecular flexibility index (Phi) is 5.92. The molecular formula is C21H27N3O2S2. The van der Waals surface area contributed by atoms with Gasteiger partial charge in [0.15, 0.2) is 5.16 Å². The standard InChI is InChI=1S/C21H27N3O2S2/c1-3-12-22-18(25)13(2)27-21-23-19-17(15-10-6-7-11-16(15)28-19)20(26)24(21)14-8-4-5-9-14/h3,13-14H,1,4-12H2,2H3,(H,22,25). The summed E-state index contributed by atoms with van der Waals surface area (Å²) in [4.78, 5) is 33.1. The molecule has 2 aliphatic rings. The van der Waals surface area contributed by atoms with Gasteiger partial charge in [-0.1, -0.05) is 30.7 Å². The smallest absolute Gasteiger partial charge is 0.263 e. The van der Waals surface area contributed by atoms with Gasteiger partial charge < -0.3 is 5.32 Å². The maximum absolute atomic E-state index is 13.6. The Balaban J connectivity index is 1.77. The number of hydrogen-bond acceptors (Lipinski definition) is 5. The molecule has 0 spiro atoms. The van der Waals surface area contributed by atoms with Crippen molar-refractivity contribution < 1.29 is 4.79 Å². The maximum Gasteiger partial charge on any atom is 0.263 e. The van der Waals surface area contributed by atoms with Crippen molar-refractivity contribution in [1.29, 1.82) is 0 Å². The van der Waals surface area contributed by atoms with Gasteiger partial charge in [0.05, 0.1) is 10.6 Å². The van der Waals surface area contributed by atoms with Gasteiger partial charge >= 0.3 is 0 Å². The predicted molar refractivity (Wildman–Crippen MR) is 117 cm³/mol. The number of rotatable bonds is 6. The largest absolute Gasteiger partial charge is 0.352 e. The van der Waals surface area contributed by atoms with Crippen LogP contribution in [0.3, 0.4) is 0 Å². The first kappa shape index (κ1) is 19.7. The summed E-state index contributed by atoms with van der Waals surface area (Å²) in [6.45, 7) is 5.96. The molecule has 1 saturated carbocycles. The van der Waals surface area contributed by atoms with Crippen molar-refractivity contribution in [1.82, 2.24) is 14.9 Å². The molecule has 0 radical (unpaired) electrons. The topological polar surface area (TPSA) is 64.0 Å². The van der Waals surface area contributed by atoms with E-state index in [9.17, 15) is 9.59 Å². The fourth-order valence-corrected chi connectivity index (χ4v) is 6.60. The SMILES string of the molecule is C=CCNC(=O)C(C)Sc1nc2sc3c(c2c(=O)n1C1CCCC1)CCCC3. The van der Waals surface area contributed by atoms with Crippen molar-refractivity contribution in [3.8, 4) is 0 Å². The van der Waals surface area contributed by atoms with E-state index in [4.69, 9.17) is 4.98 Å². The van der Waals surface area contributed by atoms with E-state index in [1.807, 2.05) is 11.5 Å². The normalized spacial score (nSPS) is 18.2. The number of aromatic nitrogens is 2. The van der Waals surface area contributed by atoms with Crippen LogP contribution in [-0.2, 0) is 17.6 Å². The van der Waals surface area contributed by atoms with Crippen LogP contribution in [0.4, 0.5) is 0 Å². The Morgan fingerprint density at radius 3 is 2.86 bits per heavy atom. The molecule has 2 heterocycles. The summed E-state index contributed by atoms with van der Waals surface area (Å²) in [5, 5.41) is 4.07. The van der Waals surface area contributed by atoms with Gasteiger partial charge in [-0.3, -0.25) is 14.2 Å². The van der Waals surface area contributed by atoms with Gasteiger partial charge in [-0.25, -0.2) is 4.98 Å². The minimum atomic E-state index is -0.313. The summed E-state index contributed by atoms with van der Waals surface area (Å²) in [5.41, 5.74) is 1.35. The number of thiophene rings is 1. The van der Waals surface area contributed by atoms with Crippen LogP contribution in [0.1, 0.15) is 61.9 Å². The van der Waals surface area contributed by atoms with Crippen LogP contribution in [0.15, 0.2) is 22.6 Å². The number of thioether (sulfide) groups is 1. The highest BCUT2D eigenvalue weighted by Crippen LogP contribution is 2.38. The van der Waals surface area contributed by atoms with Crippen molar-refractivity contribution in [3.63, 3.8) is 0 Å². The molecule has 150 valence electrons. The Hall–Kier alpha value is -1.60. The Bertz CT molecular complexity index is 957. The van der Waals surface area contributed by atoms with Crippen LogP contribution in [0.25, 0.3) is 10.2 Å². The quantitative estimate of drug-likeness (QED) is 0.434. The van der Waals surface area contributed by atoms with E-state index in [0.29, 0.717) is 11.7 Å². The number of carbonyl (C=O) groups is 1. The van der Waals surface area contributed by atoms with Crippen LogP contribution >= 0.6 is 23.1 Å². The summed E-state index contributed by atoms with van der Waals surface area (Å²) < 4.78 is 1.92. The monoisotopic (exact) mass is 417 g/mol. The van der Waals surface area contributed by atoms with Crippen molar-refractivity contribution in [3.05, 3.63) is 33.4 Å². The van der Waals surface area contributed by atoms with E-state index >= 15 is 0 Å². The van der Waals surface area contributed by atoms with E-state index < -0.39 is 0 Å². The summed E-state index contributed by atoms with van der Waals surface area (Å²) in [7, 11) is 0. The first-order valence-corrected chi connectivity index (χ1v) is 11.9. The van der Waals surface area contributed by atoms with Crippen LogP contribution in [0.5, 0.6) is 0 Å². The van der Waals surface area contributed by atoms with Crippen LogP contribution in [-0.4, -0.2) is 27.3 Å². The van der Waals surface area contributed by atoms with Crippen molar-refractivity contribution >= 4 is 39.2 Å². The lowest BCUT2D eigenvalue weighted by molar-refractivity contribution is -0.120. The summed E-state index contributed by atoms with van der Waals surface area (Å²) in [6.07, 6.45) is 10.4. The Morgan fingerprint density at radius 1 is 1.36 bits per heavy atom. The molecular weight excluding hydrogens is 390 g/mol. The molecule has 0 aliphatic heterocycles. The van der Waals surface area contributed by atoms with Gasteiger partial charge in [0.1, 0.15) is 4.83 Å². The molecule has 1 N–H and O–H groups in total. The highest BCUT2D eigenvalue weighted by molar-refractivity contribution is 8.00. The summed E-state index contributed by atoms with van der Waals surface area (Å²) in [6, 6.07) is 0.203. The van der Waals surface area contributed by atoms with Gasteiger partial charge in [-0.2, -0.15) is 0 Å². The number of aryl methyl sites for hydroxylation is 2. The molecule has 0 bridgehead atoms. The summed E-state index contributed by atoms with van der Waals surface area (Å²) in [5.74, 6) is -0.0531. The van der Waals surface area contributed by atoms with Crippen LogP contribution in [0, 0.1) is 0 Å². The molecule has 2 aliphatic carbocycles. The fraction of sp³-hybridized carbons (Fsp3) is 0.571. The summed E-state index contributed by atoms with van der Waals surface area (Å²) >= 11 is 3.08. The number of carbonyl (C=O) groups excluding carboxylic acids is 1. The molecule has 4 rings (SSSR count). The zero-order chi connectivity index (χ0) is 19.7. The average Bonchev–Trinajstić information content (AvgIpc) is 3.33. The second kappa shape index (κ2) is 8.41. The van der Waals surface area contributed by atoms with Gasteiger partial charge in [0.2, 0.25) is 5.91 Å². The number of nitrogens with zero attached hydrogens (tertiary/aromatic N) is 2. The zero-order valence-corrected chi connectivity index (χ0v) is 18.0. The first-order valence-electron chi connectivity index (χ1n) is 10.2. The van der Waals surface area contributed by atoms with Crippen LogP contribution < -0.4 is 10.9 Å². The zero-order valence-electron chi connectivity index (χ0n) is 16.3. The van der Waals surface area contributed by atoms with Gasteiger partial charge in [0, 0.05) is 17.5 Å². The number of fused-ring (bicyclic) bond motifs is 3. The van der Waals surface area contributed by atoms with E-state index in [2.05, 4.69) is 11.9 Å². The van der Waals surface area contributed by atoms with E-state index in [0.717, 1.165) is 55.2 Å². The molecule has 1 fully saturated rings.